The zero-order chi connectivity index (χ0) is 15.0. The van der Waals surface area contributed by atoms with Crippen molar-refractivity contribution in [1.29, 1.82) is 0 Å². The first-order valence-electron chi connectivity index (χ1n) is 7.51. The molecule has 1 atom stereocenters. The van der Waals surface area contributed by atoms with Crippen molar-refractivity contribution in [3.63, 3.8) is 0 Å². The number of nitrogens with zero attached hydrogens (tertiary/aromatic N) is 1. The Morgan fingerprint density at radius 1 is 1.40 bits per heavy atom. The van der Waals surface area contributed by atoms with E-state index in [0.717, 1.165) is 38.9 Å². The molecule has 6 heteroatoms. The molecule has 2 amide bonds. The van der Waals surface area contributed by atoms with Crippen LogP contribution in [0, 0.1) is 5.92 Å². The molecule has 0 saturated carbocycles. The second-order valence-electron chi connectivity index (χ2n) is 5.56. The molecule has 20 heavy (non-hydrogen) atoms. The zero-order valence-corrected chi connectivity index (χ0v) is 12.5. The van der Waals surface area contributed by atoms with Crippen LogP contribution in [0.5, 0.6) is 0 Å². The van der Waals surface area contributed by atoms with E-state index in [0.29, 0.717) is 12.6 Å². The number of piperidine rings is 1. The average molecular weight is 285 g/mol. The molecule has 1 unspecified atom stereocenters. The molecule has 116 valence electrons. The molecule has 1 rings (SSSR count). The van der Waals surface area contributed by atoms with Gasteiger partial charge in [0, 0.05) is 25.6 Å². The van der Waals surface area contributed by atoms with Crippen molar-refractivity contribution in [2.24, 2.45) is 5.92 Å². The van der Waals surface area contributed by atoms with E-state index in [4.69, 9.17) is 5.11 Å². The van der Waals surface area contributed by atoms with Crippen LogP contribution < -0.4 is 10.6 Å². The van der Waals surface area contributed by atoms with E-state index in [-0.39, 0.29) is 18.4 Å². The van der Waals surface area contributed by atoms with E-state index in [1.54, 1.807) is 0 Å². The smallest absolute Gasteiger partial charge is 0.317 e. The minimum Gasteiger partial charge on any atom is -0.481 e. The minimum atomic E-state index is -0.824. The third-order valence-corrected chi connectivity index (χ3v) is 3.60. The van der Waals surface area contributed by atoms with Crippen molar-refractivity contribution in [3.8, 4) is 0 Å². The van der Waals surface area contributed by atoms with Crippen LogP contribution in [0.3, 0.4) is 0 Å². The van der Waals surface area contributed by atoms with Crippen molar-refractivity contribution in [1.82, 2.24) is 15.5 Å². The molecule has 1 aliphatic rings. The number of carboxylic acids is 1. The molecule has 0 bridgehead atoms. The first-order chi connectivity index (χ1) is 9.54. The predicted molar refractivity (Wildman–Crippen MR) is 77.7 cm³/mol. The molecule has 3 N–H and O–H groups in total. The van der Waals surface area contributed by atoms with Crippen molar-refractivity contribution in [3.05, 3.63) is 0 Å². The maximum atomic E-state index is 12.3. The fourth-order valence-corrected chi connectivity index (χ4v) is 2.54. The molecule has 0 aromatic carbocycles. The van der Waals surface area contributed by atoms with Gasteiger partial charge in [0.1, 0.15) is 0 Å². The summed E-state index contributed by atoms with van der Waals surface area (Å²) in [5.74, 6) is -0.872. The standard InChI is InChI=1S/C14H27N3O3/c1-3-8-17(12-4-6-15-7-5-12)14(20)16-10-11(2)9-13(18)19/h11-12,15H,3-10H2,1-2H3,(H,16,20)(H,18,19). The number of rotatable bonds is 7. The van der Waals surface area contributed by atoms with Crippen LogP contribution in [0.4, 0.5) is 4.79 Å². The molecule has 6 nitrogen and oxygen atoms in total. The summed E-state index contributed by atoms with van der Waals surface area (Å²) < 4.78 is 0. The van der Waals surface area contributed by atoms with Gasteiger partial charge in [0.05, 0.1) is 0 Å². The molecule has 0 aromatic heterocycles. The van der Waals surface area contributed by atoms with Crippen LogP contribution in [0.2, 0.25) is 0 Å². The van der Waals surface area contributed by atoms with Crippen molar-refractivity contribution < 1.29 is 14.7 Å². The Morgan fingerprint density at radius 3 is 2.60 bits per heavy atom. The minimum absolute atomic E-state index is 0.0482. The number of hydrogen-bond donors (Lipinski definition) is 3. The van der Waals surface area contributed by atoms with Gasteiger partial charge in [-0.05, 0) is 38.3 Å². The van der Waals surface area contributed by atoms with Crippen molar-refractivity contribution >= 4 is 12.0 Å². The summed E-state index contributed by atoms with van der Waals surface area (Å²) in [5, 5.41) is 14.9. The van der Waals surface area contributed by atoms with Crippen LogP contribution in [-0.2, 0) is 4.79 Å². The average Bonchev–Trinajstić information content (AvgIpc) is 2.42. The molecule has 0 aliphatic carbocycles. The Hall–Kier alpha value is -1.30. The summed E-state index contributed by atoms with van der Waals surface area (Å²) in [6.45, 7) is 6.97. The fraction of sp³-hybridized carbons (Fsp3) is 0.857. The van der Waals surface area contributed by atoms with Crippen LogP contribution in [0.25, 0.3) is 0 Å². The van der Waals surface area contributed by atoms with Gasteiger partial charge in [-0.25, -0.2) is 4.79 Å². The van der Waals surface area contributed by atoms with Gasteiger partial charge >= 0.3 is 12.0 Å². The molecule has 0 spiro atoms. The van der Waals surface area contributed by atoms with Crippen molar-refractivity contribution in [2.45, 2.75) is 45.6 Å². The van der Waals surface area contributed by atoms with Crippen LogP contribution in [0.15, 0.2) is 0 Å². The van der Waals surface area contributed by atoms with E-state index >= 15 is 0 Å². The Morgan fingerprint density at radius 2 is 2.05 bits per heavy atom. The number of carboxylic acid groups (broad SMARTS) is 1. The first kappa shape index (κ1) is 16.8. The van der Waals surface area contributed by atoms with Gasteiger partial charge in [-0.1, -0.05) is 13.8 Å². The lowest BCUT2D eigenvalue weighted by atomic mass is 10.0. The first-order valence-corrected chi connectivity index (χ1v) is 7.51. The van der Waals surface area contributed by atoms with Gasteiger partial charge in [-0.15, -0.1) is 0 Å². The molecule has 1 aliphatic heterocycles. The Labute approximate surface area is 120 Å². The molecular weight excluding hydrogens is 258 g/mol. The summed E-state index contributed by atoms with van der Waals surface area (Å²) in [6.07, 6.45) is 2.99. The normalized spacial score (nSPS) is 17.5. The van der Waals surface area contributed by atoms with Gasteiger partial charge in [0.15, 0.2) is 0 Å². The Kier molecular flexibility index (Phi) is 7.36. The van der Waals surface area contributed by atoms with E-state index in [1.165, 1.54) is 0 Å². The SMILES string of the molecule is CCCN(C(=O)NCC(C)CC(=O)O)C1CCNCC1. The Bertz CT molecular complexity index is 317. The third kappa shape index (κ3) is 5.77. The summed E-state index contributed by atoms with van der Waals surface area (Å²) in [4.78, 5) is 24.8. The number of amides is 2. The van der Waals surface area contributed by atoms with E-state index in [1.807, 2.05) is 11.8 Å². The fourth-order valence-electron chi connectivity index (χ4n) is 2.54. The quantitative estimate of drug-likeness (QED) is 0.658. The summed E-state index contributed by atoms with van der Waals surface area (Å²) in [6, 6.07) is 0.238. The molecule has 1 heterocycles. The van der Waals surface area contributed by atoms with Gasteiger partial charge in [-0.2, -0.15) is 0 Å². The summed E-state index contributed by atoms with van der Waals surface area (Å²) in [5.41, 5.74) is 0. The van der Waals surface area contributed by atoms with Gasteiger partial charge in [0.2, 0.25) is 0 Å². The topological polar surface area (TPSA) is 81.7 Å². The highest BCUT2D eigenvalue weighted by Crippen LogP contribution is 2.13. The maximum Gasteiger partial charge on any atom is 0.317 e. The van der Waals surface area contributed by atoms with Crippen LogP contribution in [0.1, 0.15) is 39.5 Å². The molecule has 0 aromatic rings. The van der Waals surface area contributed by atoms with Gasteiger partial charge in [0.25, 0.3) is 0 Å². The Balaban J connectivity index is 2.44. The monoisotopic (exact) mass is 285 g/mol. The predicted octanol–water partition coefficient (Wildman–Crippen LogP) is 1.27. The molecular formula is C14H27N3O3. The number of aliphatic carboxylic acids is 1. The highest BCUT2D eigenvalue weighted by molar-refractivity contribution is 5.74. The largest absolute Gasteiger partial charge is 0.481 e. The van der Waals surface area contributed by atoms with Crippen LogP contribution in [-0.4, -0.2) is 54.2 Å². The summed E-state index contributed by atoms with van der Waals surface area (Å²) >= 11 is 0. The lowest BCUT2D eigenvalue weighted by Crippen LogP contribution is -2.50. The summed E-state index contributed by atoms with van der Waals surface area (Å²) in [7, 11) is 0. The highest BCUT2D eigenvalue weighted by atomic mass is 16.4. The van der Waals surface area contributed by atoms with Crippen LogP contribution >= 0.6 is 0 Å². The second-order valence-corrected chi connectivity index (χ2v) is 5.56. The highest BCUT2D eigenvalue weighted by Gasteiger charge is 2.24. The molecule has 1 saturated heterocycles. The number of carbonyl (C=O) groups excluding carboxylic acids is 1. The molecule has 1 fully saturated rings. The third-order valence-electron chi connectivity index (χ3n) is 3.60. The zero-order valence-electron chi connectivity index (χ0n) is 12.5. The van der Waals surface area contributed by atoms with Gasteiger partial charge < -0.3 is 20.6 Å². The lowest BCUT2D eigenvalue weighted by Gasteiger charge is -2.34. The number of nitrogens with one attached hydrogen (secondary N) is 2. The van der Waals surface area contributed by atoms with E-state index in [9.17, 15) is 9.59 Å². The number of hydrogen-bond acceptors (Lipinski definition) is 3. The number of urea groups is 1. The van der Waals surface area contributed by atoms with Crippen molar-refractivity contribution in [2.75, 3.05) is 26.2 Å². The van der Waals surface area contributed by atoms with Gasteiger partial charge in [-0.3, -0.25) is 4.79 Å². The second kappa shape index (κ2) is 8.79. The number of carbonyl (C=O) groups is 2. The lowest BCUT2D eigenvalue weighted by molar-refractivity contribution is -0.137. The van der Waals surface area contributed by atoms with E-state index < -0.39 is 5.97 Å². The molecule has 0 radical (unpaired) electrons. The van der Waals surface area contributed by atoms with E-state index in [2.05, 4.69) is 17.6 Å². The maximum absolute atomic E-state index is 12.3.